The first-order chi connectivity index (χ1) is 10.7. The highest BCUT2D eigenvalue weighted by atomic mass is 32.2. The highest BCUT2D eigenvalue weighted by Crippen LogP contribution is 2.23. The van der Waals surface area contributed by atoms with Crippen molar-refractivity contribution < 1.29 is 17.9 Å². The van der Waals surface area contributed by atoms with Crippen LogP contribution in [0.15, 0.2) is 18.2 Å². The molecule has 1 amide bonds. The Balaban J connectivity index is 1.93. The Bertz CT molecular complexity index is 682. The van der Waals surface area contributed by atoms with Gasteiger partial charge in [-0.15, -0.1) is 0 Å². The zero-order valence-electron chi connectivity index (χ0n) is 14.2. The van der Waals surface area contributed by atoms with Gasteiger partial charge in [0.15, 0.2) is 16.4 Å². The Kier molecular flexibility index (Phi) is 5.34. The van der Waals surface area contributed by atoms with E-state index in [0.29, 0.717) is 18.1 Å². The van der Waals surface area contributed by atoms with E-state index in [1.807, 2.05) is 25.1 Å². The van der Waals surface area contributed by atoms with E-state index in [0.717, 1.165) is 5.56 Å². The second-order valence-electron chi connectivity index (χ2n) is 6.52. The summed E-state index contributed by atoms with van der Waals surface area (Å²) in [6, 6.07) is 5.59. The van der Waals surface area contributed by atoms with Gasteiger partial charge in [0.25, 0.3) is 5.91 Å². The molecule has 1 aliphatic rings. The number of carbonyl (C=O) groups excluding carboxylic acids is 1. The fraction of sp³-hybridized carbons (Fsp3) is 0.588. The number of sulfone groups is 1. The molecule has 0 aromatic heterocycles. The molecule has 128 valence electrons. The first-order valence-corrected chi connectivity index (χ1v) is 9.71. The third-order valence-corrected chi connectivity index (χ3v) is 6.13. The quantitative estimate of drug-likeness (QED) is 0.824. The predicted octanol–water partition coefficient (Wildman–Crippen LogP) is 2.14. The Labute approximate surface area is 138 Å². The summed E-state index contributed by atoms with van der Waals surface area (Å²) in [5, 5.41) is 0. The first kappa shape index (κ1) is 17.8. The van der Waals surface area contributed by atoms with Crippen LogP contribution < -0.4 is 4.74 Å². The number of likely N-dealkylation sites (N-methyl/N-ethyl adjacent to an activating group) is 1. The molecule has 1 aliphatic heterocycles. The summed E-state index contributed by atoms with van der Waals surface area (Å²) in [5.41, 5.74) is 2.40. The minimum absolute atomic E-state index is 0.0530. The van der Waals surface area contributed by atoms with Gasteiger partial charge in [0, 0.05) is 13.1 Å². The van der Waals surface area contributed by atoms with Crippen molar-refractivity contribution in [3.8, 4) is 5.75 Å². The van der Waals surface area contributed by atoms with Crippen LogP contribution >= 0.6 is 0 Å². The number of rotatable bonds is 5. The third-order valence-electron chi connectivity index (χ3n) is 4.38. The van der Waals surface area contributed by atoms with Gasteiger partial charge in [0.1, 0.15) is 5.75 Å². The van der Waals surface area contributed by atoms with Crippen LogP contribution in [0.3, 0.4) is 0 Å². The number of carbonyl (C=O) groups is 1. The van der Waals surface area contributed by atoms with Crippen LogP contribution in [0.5, 0.6) is 5.75 Å². The molecule has 1 aromatic rings. The normalized spacial score (nSPS) is 19.8. The predicted molar refractivity (Wildman–Crippen MR) is 90.6 cm³/mol. The van der Waals surface area contributed by atoms with Crippen molar-refractivity contribution in [3.63, 3.8) is 0 Å². The van der Waals surface area contributed by atoms with Gasteiger partial charge in [-0.05, 0) is 42.5 Å². The fourth-order valence-corrected chi connectivity index (χ4v) is 4.69. The molecular weight excluding hydrogens is 314 g/mol. The van der Waals surface area contributed by atoms with E-state index in [-0.39, 0.29) is 30.1 Å². The Morgan fingerprint density at radius 2 is 2.09 bits per heavy atom. The van der Waals surface area contributed by atoms with Crippen molar-refractivity contribution in [2.45, 2.75) is 39.2 Å². The van der Waals surface area contributed by atoms with Gasteiger partial charge < -0.3 is 9.64 Å². The van der Waals surface area contributed by atoms with Crippen molar-refractivity contribution in [1.29, 1.82) is 0 Å². The van der Waals surface area contributed by atoms with E-state index >= 15 is 0 Å². The van der Waals surface area contributed by atoms with Gasteiger partial charge in [-0.2, -0.15) is 0 Å². The molecule has 0 saturated carbocycles. The average molecular weight is 339 g/mol. The summed E-state index contributed by atoms with van der Waals surface area (Å²) < 4.78 is 28.6. The Morgan fingerprint density at radius 3 is 2.61 bits per heavy atom. The number of ether oxygens (including phenoxy) is 1. The smallest absolute Gasteiger partial charge is 0.260 e. The van der Waals surface area contributed by atoms with Crippen molar-refractivity contribution in [2.24, 2.45) is 0 Å². The van der Waals surface area contributed by atoms with Crippen molar-refractivity contribution in [1.82, 2.24) is 4.90 Å². The zero-order valence-corrected chi connectivity index (χ0v) is 15.0. The van der Waals surface area contributed by atoms with Gasteiger partial charge in [0.2, 0.25) is 0 Å². The lowest BCUT2D eigenvalue weighted by atomic mass is 9.98. The molecule has 23 heavy (non-hydrogen) atoms. The minimum atomic E-state index is -2.99. The molecule has 1 atom stereocenters. The highest BCUT2D eigenvalue weighted by Gasteiger charge is 2.32. The summed E-state index contributed by atoms with van der Waals surface area (Å²) in [6.07, 6.45) is 0.507. The summed E-state index contributed by atoms with van der Waals surface area (Å²) in [5.74, 6) is 1.12. The van der Waals surface area contributed by atoms with Gasteiger partial charge in [0.05, 0.1) is 11.5 Å². The standard InChI is InChI=1S/C17H25NO4S/c1-12(2)16-6-5-15(9-13(16)3)22-10-17(19)18(4)14-7-8-23(20,21)11-14/h5-6,9,12,14H,7-8,10-11H2,1-4H3. The van der Waals surface area contributed by atoms with Crippen LogP contribution in [-0.4, -0.2) is 50.4 Å². The second-order valence-corrected chi connectivity index (χ2v) is 8.75. The maximum absolute atomic E-state index is 12.2. The van der Waals surface area contributed by atoms with Gasteiger partial charge in [-0.25, -0.2) is 8.42 Å². The van der Waals surface area contributed by atoms with Crippen molar-refractivity contribution in [3.05, 3.63) is 29.3 Å². The lowest BCUT2D eigenvalue weighted by Gasteiger charge is -2.23. The largest absolute Gasteiger partial charge is 0.484 e. The maximum atomic E-state index is 12.2. The van der Waals surface area contributed by atoms with Crippen LogP contribution in [0, 0.1) is 6.92 Å². The number of hydrogen-bond acceptors (Lipinski definition) is 4. The van der Waals surface area contributed by atoms with Crippen LogP contribution in [0.4, 0.5) is 0 Å². The molecule has 0 radical (unpaired) electrons. The molecule has 1 heterocycles. The molecular formula is C17H25NO4S. The van der Waals surface area contributed by atoms with Crippen molar-refractivity contribution in [2.75, 3.05) is 25.2 Å². The van der Waals surface area contributed by atoms with E-state index < -0.39 is 9.84 Å². The molecule has 2 rings (SSSR count). The lowest BCUT2D eigenvalue weighted by molar-refractivity contribution is -0.133. The number of amides is 1. The van der Waals surface area contributed by atoms with Gasteiger partial charge in [-0.1, -0.05) is 19.9 Å². The molecule has 0 bridgehead atoms. The highest BCUT2D eigenvalue weighted by molar-refractivity contribution is 7.91. The number of benzene rings is 1. The van der Waals surface area contributed by atoms with E-state index in [4.69, 9.17) is 4.74 Å². The average Bonchev–Trinajstić information content (AvgIpc) is 2.83. The molecule has 0 aliphatic carbocycles. The molecule has 6 heteroatoms. The summed E-state index contributed by atoms with van der Waals surface area (Å²) in [7, 11) is -1.35. The SMILES string of the molecule is Cc1cc(OCC(=O)N(C)C2CCS(=O)(=O)C2)ccc1C(C)C. The van der Waals surface area contributed by atoms with E-state index in [1.165, 1.54) is 10.5 Å². The van der Waals surface area contributed by atoms with Gasteiger partial charge in [-0.3, -0.25) is 4.79 Å². The monoisotopic (exact) mass is 339 g/mol. The Morgan fingerprint density at radius 1 is 1.39 bits per heavy atom. The molecule has 1 fully saturated rings. The van der Waals surface area contributed by atoms with E-state index in [2.05, 4.69) is 13.8 Å². The summed E-state index contributed by atoms with van der Waals surface area (Å²) >= 11 is 0. The molecule has 1 unspecified atom stereocenters. The molecule has 1 aromatic carbocycles. The minimum Gasteiger partial charge on any atom is -0.484 e. The first-order valence-electron chi connectivity index (χ1n) is 7.89. The lowest BCUT2D eigenvalue weighted by Crippen LogP contribution is -2.40. The number of aryl methyl sites for hydroxylation is 1. The summed E-state index contributed by atoms with van der Waals surface area (Å²) in [4.78, 5) is 13.7. The molecule has 1 saturated heterocycles. The molecule has 0 spiro atoms. The maximum Gasteiger partial charge on any atom is 0.260 e. The number of hydrogen-bond donors (Lipinski definition) is 0. The Hall–Kier alpha value is -1.56. The fourth-order valence-electron chi connectivity index (χ4n) is 2.92. The van der Waals surface area contributed by atoms with E-state index in [9.17, 15) is 13.2 Å². The van der Waals surface area contributed by atoms with Crippen molar-refractivity contribution >= 4 is 15.7 Å². The molecule has 0 N–H and O–H groups in total. The zero-order chi connectivity index (χ0) is 17.2. The van der Waals surface area contributed by atoms with E-state index in [1.54, 1.807) is 7.05 Å². The van der Waals surface area contributed by atoms with Crippen LogP contribution in [0.25, 0.3) is 0 Å². The second kappa shape index (κ2) is 6.91. The van der Waals surface area contributed by atoms with Gasteiger partial charge >= 0.3 is 0 Å². The van der Waals surface area contributed by atoms with Crippen LogP contribution in [0.1, 0.15) is 37.3 Å². The summed E-state index contributed by atoms with van der Waals surface area (Å²) in [6.45, 7) is 6.22. The topological polar surface area (TPSA) is 63.7 Å². The number of nitrogens with zero attached hydrogens (tertiary/aromatic N) is 1. The third kappa shape index (κ3) is 4.47. The van der Waals surface area contributed by atoms with Crippen LogP contribution in [0.2, 0.25) is 0 Å². The molecule has 5 nitrogen and oxygen atoms in total. The van der Waals surface area contributed by atoms with Crippen LogP contribution in [-0.2, 0) is 14.6 Å².